The fourth-order valence-electron chi connectivity index (χ4n) is 4.46. The summed E-state index contributed by atoms with van der Waals surface area (Å²) in [5.74, 6) is -3.01. The van der Waals surface area contributed by atoms with Crippen LogP contribution in [-0.2, 0) is 14.2 Å². The Morgan fingerprint density at radius 2 is 1.34 bits per heavy atom. The van der Waals surface area contributed by atoms with Gasteiger partial charge in [0.15, 0.2) is 0 Å². The number of hydrogen-bond acceptors (Lipinski definition) is 11. The number of hydrogen-bond donors (Lipinski definition) is 0. The minimum Gasteiger partial charge on any atom is -0.381 e. The molecule has 5 rings (SSSR count). The Morgan fingerprint density at radius 3 is 1.72 bits per heavy atom. The van der Waals surface area contributed by atoms with E-state index in [1.54, 1.807) is 4.90 Å². The smallest absolute Gasteiger partial charge is 0.323 e. The molecule has 0 bridgehead atoms. The van der Waals surface area contributed by atoms with Crippen LogP contribution in [0, 0.1) is 37.9 Å². The van der Waals surface area contributed by atoms with E-state index in [2.05, 4.69) is 42.6 Å². The lowest BCUT2D eigenvalue weighted by atomic mass is 10.1. The molecular weight excluding hydrogens is 625 g/mol. The van der Waals surface area contributed by atoms with Crippen molar-refractivity contribution >= 4 is 17.1 Å². The first-order valence-corrected chi connectivity index (χ1v) is 16.0. The summed E-state index contributed by atoms with van der Waals surface area (Å²) in [4.78, 5) is 29.6. The molecule has 3 saturated heterocycles. The molecule has 0 saturated carbocycles. The van der Waals surface area contributed by atoms with Gasteiger partial charge in [0.05, 0.1) is 28.7 Å². The third kappa shape index (κ3) is 17.3. The van der Waals surface area contributed by atoms with Gasteiger partial charge in [-0.3, -0.25) is 20.2 Å². The Kier molecular flexibility index (Phi) is 21.0. The van der Waals surface area contributed by atoms with E-state index in [4.69, 9.17) is 14.2 Å². The summed E-state index contributed by atoms with van der Waals surface area (Å²) >= 11 is 0. The van der Waals surface area contributed by atoms with E-state index in [9.17, 15) is 33.4 Å². The van der Waals surface area contributed by atoms with Crippen molar-refractivity contribution in [3.8, 4) is 0 Å². The van der Waals surface area contributed by atoms with Gasteiger partial charge in [0.25, 0.3) is 0 Å². The van der Waals surface area contributed by atoms with Crippen molar-refractivity contribution in [3.05, 3.63) is 62.5 Å². The zero-order chi connectivity index (χ0) is 35.2. The van der Waals surface area contributed by atoms with Crippen LogP contribution in [0.5, 0.6) is 0 Å². The fraction of sp³-hybridized carbons (Fsp3) is 0.677. The number of aromatic nitrogens is 2. The van der Waals surface area contributed by atoms with Crippen LogP contribution in [-0.4, -0.2) is 96.1 Å². The molecule has 266 valence electrons. The Bertz CT molecular complexity index is 1170. The molecule has 2 aromatic rings. The second-order valence-corrected chi connectivity index (χ2v) is 10.7. The van der Waals surface area contributed by atoms with Crippen LogP contribution in [0.1, 0.15) is 66.7 Å². The third-order valence-corrected chi connectivity index (χ3v) is 7.18. The van der Waals surface area contributed by atoms with E-state index >= 15 is 0 Å². The first-order chi connectivity index (χ1) is 22.4. The van der Waals surface area contributed by atoms with Crippen LogP contribution in [0.4, 0.5) is 30.2 Å². The molecule has 2 unspecified atom stereocenters. The van der Waals surface area contributed by atoms with Crippen molar-refractivity contribution in [2.75, 3.05) is 64.1 Å². The highest BCUT2D eigenvalue weighted by Crippen LogP contribution is 2.29. The molecule has 13 nitrogen and oxygen atoms in total. The predicted molar refractivity (Wildman–Crippen MR) is 172 cm³/mol. The van der Waals surface area contributed by atoms with Crippen molar-refractivity contribution in [1.29, 1.82) is 0 Å². The summed E-state index contributed by atoms with van der Waals surface area (Å²) in [6.07, 6.45) is 8.44. The quantitative estimate of drug-likeness (QED) is 0.192. The lowest BCUT2D eigenvalue weighted by Crippen LogP contribution is -2.41. The Hall–Kier alpha value is -3.47. The van der Waals surface area contributed by atoms with Gasteiger partial charge in [-0.05, 0) is 65.6 Å². The van der Waals surface area contributed by atoms with E-state index < -0.39 is 33.2 Å². The number of ether oxygens (including phenoxy) is 3. The van der Waals surface area contributed by atoms with E-state index in [1.165, 1.54) is 51.7 Å². The van der Waals surface area contributed by atoms with Gasteiger partial charge >= 0.3 is 11.4 Å². The van der Waals surface area contributed by atoms with Gasteiger partial charge in [-0.2, -0.15) is 13.2 Å². The number of nitro groups is 2. The zero-order valence-electron chi connectivity index (χ0n) is 28.0. The van der Waals surface area contributed by atoms with Crippen molar-refractivity contribution in [2.45, 2.75) is 78.9 Å². The summed E-state index contributed by atoms with van der Waals surface area (Å²) in [7, 11) is 0. The Balaban J connectivity index is 0.000000317. The number of morpholine rings is 1. The van der Waals surface area contributed by atoms with Gasteiger partial charge in [-0.25, -0.2) is 9.97 Å². The van der Waals surface area contributed by atoms with E-state index in [1.807, 2.05) is 6.92 Å². The molecule has 47 heavy (non-hydrogen) atoms. The molecule has 3 aliphatic rings. The van der Waals surface area contributed by atoms with Crippen molar-refractivity contribution in [2.24, 2.45) is 0 Å². The highest BCUT2D eigenvalue weighted by Gasteiger charge is 2.25. The second-order valence-electron chi connectivity index (χ2n) is 10.7. The minimum absolute atomic E-state index is 0.0282. The molecule has 0 spiro atoms. The molecule has 0 aromatic carbocycles. The molecule has 5 heterocycles. The van der Waals surface area contributed by atoms with E-state index in [0.29, 0.717) is 38.1 Å². The standard InChI is InChI=1S/C10H12FN3O3.C6H15N.C6H12O.C5H2F2N2O2.C4H8O/c1-7-6-13(2-3-17-7)8-4-10(11)12-5-9(8)14(15)16;1-4-7(5-2)6-3;1-6-4-2-3-5-7-6;6-3-1-5(7)8-2-4(3)9(10)11;1-2-4-5-3-1/h4-5,7H,2-3,6H2,1H3;4-6H2,1-3H3;6H,2-5H2,1H3;1-2H;1-4H2. The van der Waals surface area contributed by atoms with Crippen molar-refractivity contribution in [1.82, 2.24) is 14.9 Å². The summed E-state index contributed by atoms with van der Waals surface area (Å²) < 4.78 is 53.0. The number of rotatable bonds is 6. The highest BCUT2D eigenvalue weighted by atomic mass is 19.1. The fourth-order valence-corrected chi connectivity index (χ4v) is 4.46. The highest BCUT2D eigenvalue weighted by molar-refractivity contribution is 5.62. The van der Waals surface area contributed by atoms with Gasteiger partial charge in [0.1, 0.15) is 18.1 Å². The minimum atomic E-state index is -1.22. The molecule has 3 fully saturated rings. The SMILES string of the molecule is C1CCOC1.CC1CCCCO1.CC1CN(c2cc(F)ncc2[N+](=O)[O-])CCO1.CCN(CC)CC.O=[N+]([O-])c1cnc(F)cc1F. The van der Waals surface area contributed by atoms with Crippen LogP contribution in [0.2, 0.25) is 0 Å². The number of halogens is 3. The molecule has 3 aliphatic heterocycles. The lowest BCUT2D eigenvalue weighted by molar-refractivity contribution is -0.387. The summed E-state index contributed by atoms with van der Waals surface area (Å²) in [6, 6.07) is 1.45. The maximum atomic E-state index is 13.1. The monoisotopic (exact) mass is 674 g/mol. The lowest BCUT2D eigenvalue weighted by Gasteiger charge is -2.32. The summed E-state index contributed by atoms with van der Waals surface area (Å²) in [5.41, 5.74) is -0.746. The molecule has 2 aromatic heterocycles. The van der Waals surface area contributed by atoms with Gasteiger partial charge in [-0.15, -0.1) is 0 Å². The zero-order valence-corrected chi connectivity index (χ0v) is 28.0. The summed E-state index contributed by atoms with van der Waals surface area (Å²) in [6.45, 7) is 18.6. The molecule has 0 radical (unpaired) electrons. The van der Waals surface area contributed by atoms with Crippen LogP contribution in [0.25, 0.3) is 0 Å². The normalized spacial score (nSPS) is 18.6. The van der Waals surface area contributed by atoms with Crippen LogP contribution in [0.3, 0.4) is 0 Å². The Morgan fingerprint density at radius 1 is 0.809 bits per heavy atom. The molecule has 0 aliphatic carbocycles. The van der Waals surface area contributed by atoms with Crippen LogP contribution < -0.4 is 4.90 Å². The topological polar surface area (TPSA) is 146 Å². The van der Waals surface area contributed by atoms with Crippen LogP contribution >= 0.6 is 0 Å². The maximum absolute atomic E-state index is 13.1. The average Bonchev–Trinajstić information content (AvgIpc) is 3.64. The van der Waals surface area contributed by atoms with Gasteiger partial charge in [0.2, 0.25) is 17.7 Å². The Labute approximate surface area is 274 Å². The number of nitrogens with zero attached hydrogens (tertiary/aromatic N) is 6. The molecule has 16 heteroatoms. The number of pyridine rings is 2. The number of anilines is 1. The van der Waals surface area contributed by atoms with Crippen LogP contribution in [0.15, 0.2) is 24.5 Å². The van der Waals surface area contributed by atoms with Gasteiger partial charge in [-0.1, -0.05) is 20.8 Å². The molecule has 0 N–H and O–H groups in total. The third-order valence-electron chi connectivity index (χ3n) is 7.18. The first-order valence-electron chi connectivity index (χ1n) is 16.0. The first kappa shape index (κ1) is 41.6. The van der Waals surface area contributed by atoms with Crippen molar-refractivity contribution < 1.29 is 37.2 Å². The van der Waals surface area contributed by atoms with Gasteiger partial charge in [0, 0.05) is 45.0 Å². The average molecular weight is 675 g/mol. The predicted octanol–water partition coefficient (Wildman–Crippen LogP) is 6.34. The largest absolute Gasteiger partial charge is 0.381 e. The molecule has 0 amide bonds. The second kappa shape index (κ2) is 23.8. The maximum Gasteiger partial charge on any atom is 0.323 e. The van der Waals surface area contributed by atoms with Crippen molar-refractivity contribution in [3.63, 3.8) is 0 Å². The summed E-state index contributed by atoms with van der Waals surface area (Å²) in [5, 5.41) is 20.8. The van der Waals surface area contributed by atoms with E-state index in [-0.39, 0.29) is 17.5 Å². The van der Waals surface area contributed by atoms with Gasteiger partial charge < -0.3 is 24.0 Å². The van der Waals surface area contributed by atoms with E-state index in [0.717, 1.165) is 32.1 Å². The molecule has 2 atom stereocenters. The molecular formula is C31H49F3N6O7.